The third kappa shape index (κ3) is 2.02. The zero-order valence-electron chi connectivity index (χ0n) is 8.93. The number of benzene rings is 1. The number of terminal acetylenes is 1. The number of nitrogens with zero attached hydrogens (tertiary/aromatic N) is 2. The van der Waals surface area contributed by atoms with Gasteiger partial charge in [0.05, 0.1) is 11.0 Å². The van der Waals surface area contributed by atoms with Crippen molar-refractivity contribution >= 4 is 11.0 Å². The topological polar surface area (TPSA) is 51.8 Å². The second-order valence-corrected chi connectivity index (χ2v) is 3.62. The molecule has 0 saturated carbocycles. The molecule has 0 aliphatic rings. The number of hydrogen-bond acceptors (Lipinski definition) is 3. The Hall–Kier alpha value is -1.92. The van der Waals surface area contributed by atoms with E-state index in [-0.39, 0.29) is 6.04 Å². The van der Waals surface area contributed by atoms with Crippen molar-refractivity contribution in [2.24, 2.45) is 5.73 Å². The summed E-state index contributed by atoms with van der Waals surface area (Å²) in [5, 5.41) is 0. The Morgan fingerprint density at radius 3 is 2.94 bits per heavy atom. The molecule has 0 amide bonds. The lowest BCUT2D eigenvalue weighted by Gasteiger charge is -2.11. The van der Waals surface area contributed by atoms with Crippen LogP contribution in [0.15, 0.2) is 30.6 Å². The van der Waals surface area contributed by atoms with Gasteiger partial charge in [-0.1, -0.05) is 12.1 Å². The highest BCUT2D eigenvalue weighted by atomic mass is 14.8. The van der Waals surface area contributed by atoms with Crippen molar-refractivity contribution in [1.29, 1.82) is 0 Å². The van der Waals surface area contributed by atoms with E-state index < -0.39 is 0 Å². The Morgan fingerprint density at radius 1 is 1.31 bits per heavy atom. The lowest BCUT2D eigenvalue weighted by molar-refractivity contribution is 0.671. The molecule has 80 valence electrons. The first-order chi connectivity index (χ1) is 7.83. The van der Waals surface area contributed by atoms with Gasteiger partial charge >= 0.3 is 0 Å². The molecule has 3 heteroatoms. The maximum absolute atomic E-state index is 6.08. The molecule has 0 radical (unpaired) electrons. The van der Waals surface area contributed by atoms with Crippen LogP contribution < -0.4 is 5.73 Å². The lowest BCUT2D eigenvalue weighted by Crippen LogP contribution is -2.11. The molecule has 1 atom stereocenters. The van der Waals surface area contributed by atoms with Crippen LogP contribution in [0, 0.1) is 12.3 Å². The van der Waals surface area contributed by atoms with Gasteiger partial charge in [-0.2, -0.15) is 0 Å². The first-order valence-electron chi connectivity index (χ1n) is 5.21. The van der Waals surface area contributed by atoms with Gasteiger partial charge in [0.2, 0.25) is 0 Å². The molecule has 0 bridgehead atoms. The predicted octanol–water partition coefficient (Wildman–Crippen LogP) is 2.04. The van der Waals surface area contributed by atoms with E-state index in [1.54, 1.807) is 12.4 Å². The molecule has 2 aromatic rings. The van der Waals surface area contributed by atoms with Crippen molar-refractivity contribution in [3.63, 3.8) is 0 Å². The minimum Gasteiger partial charge on any atom is -0.324 e. The number of aromatic nitrogens is 2. The van der Waals surface area contributed by atoms with Gasteiger partial charge in [0.25, 0.3) is 0 Å². The third-order valence-corrected chi connectivity index (χ3v) is 2.53. The second kappa shape index (κ2) is 4.73. The van der Waals surface area contributed by atoms with Crippen molar-refractivity contribution < 1.29 is 0 Å². The molecular formula is C13H13N3. The van der Waals surface area contributed by atoms with Gasteiger partial charge in [-0.3, -0.25) is 9.97 Å². The summed E-state index contributed by atoms with van der Waals surface area (Å²) in [6, 6.07) is 5.79. The minimum absolute atomic E-state index is 0.0727. The van der Waals surface area contributed by atoms with Crippen LogP contribution >= 0.6 is 0 Å². The normalized spacial score (nSPS) is 12.2. The van der Waals surface area contributed by atoms with Gasteiger partial charge in [0, 0.05) is 24.9 Å². The number of para-hydroxylation sites is 1. The second-order valence-electron chi connectivity index (χ2n) is 3.62. The highest BCUT2D eigenvalue weighted by Crippen LogP contribution is 2.22. The first-order valence-corrected chi connectivity index (χ1v) is 5.21. The summed E-state index contributed by atoms with van der Waals surface area (Å²) in [4.78, 5) is 8.56. The van der Waals surface area contributed by atoms with E-state index in [1.165, 1.54) is 0 Å². The third-order valence-electron chi connectivity index (χ3n) is 2.53. The van der Waals surface area contributed by atoms with Crippen LogP contribution in [0.4, 0.5) is 0 Å². The molecule has 3 nitrogen and oxygen atoms in total. The van der Waals surface area contributed by atoms with Crippen molar-refractivity contribution in [2.45, 2.75) is 18.9 Å². The molecule has 16 heavy (non-hydrogen) atoms. The zero-order valence-corrected chi connectivity index (χ0v) is 8.93. The highest BCUT2D eigenvalue weighted by Gasteiger charge is 2.10. The Labute approximate surface area is 94.7 Å². The molecule has 0 spiro atoms. The van der Waals surface area contributed by atoms with Gasteiger partial charge in [-0.15, -0.1) is 12.3 Å². The van der Waals surface area contributed by atoms with Crippen LogP contribution in [-0.4, -0.2) is 9.97 Å². The van der Waals surface area contributed by atoms with Gasteiger partial charge in [0.15, 0.2) is 0 Å². The first kappa shape index (κ1) is 10.6. The molecule has 2 N–H and O–H groups in total. The summed E-state index contributed by atoms with van der Waals surface area (Å²) in [6.45, 7) is 0. The Morgan fingerprint density at radius 2 is 2.12 bits per heavy atom. The van der Waals surface area contributed by atoms with Gasteiger partial charge in [-0.25, -0.2) is 0 Å². The van der Waals surface area contributed by atoms with Gasteiger partial charge in [0.1, 0.15) is 0 Å². The van der Waals surface area contributed by atoms with Crippen LogP contribution in [-0.2, 0) is 0 Å². The molecule has 0 aliphatic carbocycles. The van der Waals surface area contributed by atoms with Crippen LogP contribution in [0.5, 0.6) is 0 Å². The van der Waals surface area contributed by atoms with Crippen LogP contribution in [0.1, 0.15) is 24.4 Å². The fourth-order valence-corrected chi connectivity index (χ4v) is 1.71. The van der Waals surface area contributed by atoms with E-state index in [4.69, 9.17) is 12.2 Å². The molecule has 0 fully saturated rings. The fourth-order valence-electron chi connectivity index (χ4n) is 1.71. The van der Waals surface area contributed by atoms with Crippen LogP contribution in [0.3, 0.4) is 0 Å². The van der Waals surface area contributed by atoms with Crippen LogP contribution in [0.2, 0.25) is 0 Å². The predicted molar refractivity (Wildman–Crippen MR) is 64.5 cm³/mol. The van der Waals surface area contributed by atoms with Crippen molar-refractivity contribution in [2.75, 3.05) is 0 Å². The van der Waals surface area contributed by atoms with Gasteiger partial charge in [-0.05, 0) is 18.1 Å². The maximum Gasteiger partial charge on any atom is 0.0934 e. The number of hydrogen-bond donors (Lipinski definition) is 1. The quantitative estimate of drug-likeness (QED) is 0.790. The average Bonchev–Trinajstić information content (AvgIpc) is 2.35. The standard InChI is InChI=1S/C13H13N3/c1-2-3-6-11(14)10-5-4-7-12-13(10)16-9-8-15-12/h1,4-5,7-9,11H,3,6,14H2. The molecule has 1 heterocycles. The summed E-state index contributed by atoms with van der Waals surface area (Å²) in [7, 11) is 0. The van der Waals surface area contributed by atoms with Crippen molar-refractivity contribution in [3.05, 3.63) is 36.2 Å². The van der Waals surface area contributed by atoms with E-state index in [0.717, 1.165) is 23.0 Å². The van der Waals surface area contributed by atoms with Crippen molar-refractivity contribution in [1.82, 2.24) is 9.97 Å². The summed E-state index contributed by atoms with van der Waals surface area (Å²) in [5.41, 5.74) is 8.84. The largest absolute Gasteiger partial charge is 0.324 e. The van der Waals surface area contributed by atoms with Crippen LogP contribution in [0.25, 0.3) is 11.0 Å². The molecule has 1 aromatic heterocycles. The molecule has 1 aromatic carbocycles. The summed E-state index contributed by atoms with van der Waals surface area (Å²) in [5.74, 6) is 2.60. The van der Waals surface area contributed by atoms with Gasteiger partial charge < -0.3 is 5.73 Å². The van der Waals surface area contributed by atoms with E-state index in [9.17, 15) is 0 Å². The van der Waals surface area contributed by atoms with Crippen molar-refractivity contribution in [3.8, 4) is 12.3 Å². The van der Waals surface area contributed by atoms with E-state index in [0.29, 0.717) is 6.42 Å². The lowest BCUT2D eigenvalue weighted by atomic mass is 10.0. The summed E-state index contributed by atoms with van der Waals surface area (Å²) in [6.07, 6.45) is 10.0. The smallest absolute Gasteiger partial charge is 0.0934 e. The zero-order chi connectivity index (χ0) is 11.4. The Balaban J connectivity index is 2.40. The number of fused-ring (bicyclic) bond motifs is 1. The molecule has 0 aliphatic heterocycles. The molecule has 0 saturated heterocycles. The minimum atomic E-state index is -0.0727. The monoisotopic (exact) mass is 211 g/mol. The molecule has 2 rings (SSSR count). The number of nitrogens with two attached hydrogens (primary N) is 1. The SMILES string of the molecule is C#CCCC(N)c1cccc2nccnc12. The average molecular weight is 211 g/mol. The van der Waals surface area contributed by atoms with E-state index in [2.05, 4.69) is 15.9 Å². The maximum atomic E-state index is 6.08. The number of rotatable bonds is 3. The molecular weight excluding hydrogens is 198 g/mol. The summed E-state index contributed by atoms with van der Waals surface area (Å²) >= 11 is 0. The van der Waals surface area contributed by atoms with E-state index >= 15 is 0 Å². The fraction of sp³-hybridized carbons (Fsp3) is 0.231. The Kier molecular flexibility index (Phi) is 3.13. The summed E-state index contributed by atoms with van der Waals surface area (Å²) < 4.78 is 0. The molecule has 1 unspecified atom stereocenters. The van der Waals surface area contributed by atoms with E-state index in [1.807, 2.05) is 18.2 Å². The highest BCUT2D eigenvalue weighted by molar-refractivity contribution is 5.77. The Bertz CT molecular complexity index is 523.